The zero-order chi connectivity index (χ0) is 13.6. The van der Waals surface area contributed by atoms with Crippen LogP contribution in [-0.4, -0.2) is 74.8 Å². The van der Waals surface area contributed by atoms with Crippen LogP contribution in [0.3, 0.4) is 0 Å². The van der Waals surface area contributed by atoms with Crippen molar-refractivity contribution in [3.05, 3.63) is 0 Å². The second kappa shape index (κ2) is 7.30. The molecule has 0 radical (unpaired) electrons. The largest absolute Gasteiger partial charge is 0.480 e. The van der Waals surface area contributed by atoms with Gasteiger partial charge in [0.2, 0.25) is 0 Å². The quantitative estimate of drug-likeness (QED) is 0.248. The van der Waals surface area contributed by atoms with E-state index in [2.05, 4.69) is 5.32 Å². The fourth-order valence-electron chi connectivity index (χ4n) is 0.954. The van der Waals surface area contributed by atoms with E-state index >= 15 is 0 Å². The second-order valence-corrected chi connectivity index (χ2v) is 3.59. The number of rotatable bonds is 8. The zero-order valence-electron chi connectivity index (χ0n) is 9.28. The van der Waals surface area contributed by atoms with Gasteiger partial charge in [0.15, 0.2) is 5.78 Å². The van der Waals surface area contributed by atoms with Crippen LogP contribution in [0.15, 0.2) is 0 Å². The summed E-state index contributed by atoms with van der Waals surface area (Å²) in [6.07, 6.45) is -5.33. The summed E-state index contributed by atoms with van der Waals surface area (Å²) in [4.78, 5) is 21.7. The lowest BCUT2D eigenvalue weighted by molar-refractivity contribution is -0.141. The van der Waals surface area contributed by atoms with E-state index < -0.39 is 49.3 Å². The number of carboxylic acids is 1. The summed E-state index contributed by atoms with van der Waals surface area (Å²) in [6.45, 7) is 0.0370. The average Bonchev–Trinajstić information content (AvgIpc) is 2.32. The molecule has 0 aromatic carbocycles. The molecule has 0 aromatic heterocycles. The van der Waals surface area contributed by atoms with Crippen molar-refractivity contribution in [3.8, 4) is 0 Å². The van der Waals surface area contributed by atoms with Gasteiger partial charge in [0.05, 0.1) is 13.2 Å². The standard InChI is InChI=1S/C9H17NO7/c1-4(9(16)17)10-2-5(12)7(14)8(15)6(13)3-11/h4,6-8,10-11,13-15H,2-3H2,1H3,(H,16,17)/t4-,6+,7+,8+/m0/s1/i2+1,3+1,5+1,6+1,7+1,8+1. The van der Waals surface area contributed by atoms with Crippen molar-refractivity contribution in [1.82, 2.24) is 5.32 Å². The highest BCUT2D eigenvalue weighted by Gasteiger charge is 2.29. The number of Topliss-reactive ketones (excluding diaryl/α,β-unsaturated/α-hetero) is 1. The number of nitrogens with one attached hydrogen (secondary N) is 1. The van der Waals surface area contributed by atoms with Crippen molar-refractivity contribution < 1.29 is 35.1 Å². The molecule has 0 fully saturated rings. The third-order valence-corrected chi connectivity index (χ3v) is 2.19. The lowest BCUT2D eigenvalue weighted by Crippen LogP contribution is -2.48. The Morgan fingerprint density at radius 2 is 1.76 bits per heavy atom. The van der Waals surface area contributed by atoms with Gasteiger partial charge >= 0.3 is 5.97 Å². The van der Waals surface area contributed by atoms with Gasteiger partial charge in [-0.15, -0.1) is 0 Å². The molecular formula is C9H17NO7. The van der Waals surface area contributed by atoms with Crippen LogP contribution in [0.25, 0.3) is 0 Å². The number of aliphatic hydroxyl groups is 4. The molecule has 0 bridgehead atoms. The Morgan fingerprint density at radius 1 is 1.24 bits per heavy atom. The SMILES string of the molecule is C[C@H](N[13CH2][13C](=O)[13C@@H](O)[13C@H](O)[13C@H](O)[13CH2]O)C(=O)O. The molecule has 8 nitrogen and oxygen atoms in total. The van der Waals surface area contributed by atoms with Crippen LogP contribution in [0.5, 0.6) is 0 Å². The molecule has 0 unspecified atom stereocenters. The highest BCUT2D eigenvalue weighted by atomic mass is 16.5. The van der Waals surface area contributed by atoms with E-state index in [0.29, 0.717) is 0 Å². The molecule has 17 heavy (non-hydrogen) atoms. The summed E-state index contributed by atoms with van der Waals surface area (Å²) in [7, 11) is 0. The highest BCUT2D eigenvalue weighted by molar-refractivity contribution is 5.86. The molecule has 0 aliphatic rings. The molecular weight excluding hydrogens is 240 g/mol. The first-order valence-corrected chi connectivity index (χ1v) is 4.95. The molecule has 6 N–H and O–H groups in total. The molecule has 0 heterocycles. The molecule has 8 heteroatoms. The monoisotopic (exact) mass is 257 g/mol. The second-order valence-electron chi connectivity index (χ2n) is 3.59. The topological polar surface area (TPSA) is 147 Å². The third-order valence-electron chi connectivity index (χ3n) is 2.19. The Hall–Kier alpha value is -1.06. The molecule has 0 aliphatic heterocycles. The molecule has 0 aliphatic carbocycles. The van der Waals surface area contributed by atoms with Crippen LogP contribution in [0, 0.1) is 0 Å². The number of aliphatic hydroxyl groups excluding tert-OH is 4. The van der Waals surface area contributed by atoms with E-state index in [4.69, 9.17) is 15.3 Å². The Morgan fingerprint density at radius 3 is 2.18 bits per heavy atom. The van der Waals surface area contributed by atoms with Crippen molar-refractivity contribution >= 4 is 11.8 Å². The molecule has 0 aromatic rings. The number of carboxylic acid groups (broad SMARTS) is 1. The highest BCUT2D eigenvalue weighted by Crippen LogP contribution is 2.01. The average molecular weight is 257 g/mol. The Balaban J connectivity index is 4.18. The van der Waals surface area contributed by atoms with Crippen LogP contribution < -0.4 is 5.32 Å². The molecule has 100 valence electrons. The van der Waals surface area contributed by atoms with Gasteiger partial charge in [-0.25, -0.2) is 0 Å². The number of carbonyl (C=O) groups excluding carboxylic acids is 1. The normalized spacial score (nSPS) is 18.2. The van der Waals surface area contributed by atoms with E-state index in [1.807, 2.05) is 0 Å². The minimum absolute atomic E-state index is 0.468. The van der Waals surface area contributed by atoms with Gasteiger partial charge in [-0.1, -0.05) is 0 Å². The first kappa shape index (κ1) is 15.9. The lowest BCUT2D eigenvalue weighted by atomic mass is 10.4. The van der Waals surface area contributed by atoms with Gasteiger partial charge in [0.25, 0.3) is 0 Å². The van der Waals surface area contributed by atoms with Crippen molar-refractivity contribution in [1.29, 1.82) is 0 Å². The van der Waals surface area contributed by atoms with Crippen molar-refractivity contribution in [3.63, 3.8) is 0 Å². The van der Waals surface area contributed by atoms with Crippen LogP contribution in [-0.2, 0) is 9.59 Å². The minimum atomic E-state index is -1.88. The third kappa shape index (κ3) is 5.20. The van der Waals surface area contributed by atoms with Gasteiger partial charge in [-0.2, -0.15) is 0 Å². The fourth-order valence-corrected chi connectivity index (χ4v) is 0.954. The molecule has 0 saturated carbocycles. The predicted octanol–water partition coefficient (Wildman–Crippen LogP) is -3.31. The first-order chi connectivity index (χ1) is 7.81. The van der Waals surface area contributed by atoms with Crippen LogP contribution in [0.4, 0.5) is 0 Å². The maximum Gasteiger partial charge on any atom is 0.320 e. The van der Waals surface area contributed by atoms with E-state index in [-0.39, 0.29) is 0 Å². The number of ketones is 1. The van der Waals surface area contributed by atoms with Gasteiger partial charge in [0, 0.05) is 0 Å². The molecule has 0 rings (SSSR count). The summed E-state index contributed by atoms with van der Waals surface area (Å²) in [5.74, 6) is -2.04. The number of aliphatic carboxylic acids is 1. The number of hydrogen-bond acceptors (Lipinski definition) is 7. The van der Waals surface area contributed by atoms with Crippen molar-refractivity contribution in [2.75, 3.05) is 13.2 Å². The van der Waals surface area contributed by atoms with Crippen LogP contribution in [0.2, 0.25) is 0 Å². The minimum Gasteiger partial charge on any atom is -0.480 e. The Bertz CT molecular complexity index is 270. The lowest BCUT2D eigenvalue weighted by Gasteiger charge is -2.20. The Labute approximate surface area is 97.5 Å². The van der Waals surface area contributed by atoms with Crippen molar-refractivity contribution in [2.45, 2.75) is 31.3 Å². The molecule has 0 amide bonds. The predicted molar refractivity (Wildman–Crippen MR) is 55.2 cm³/mol. The zero-order valence-corrected chi connectivity index (χ0v) is 9.28. The summed E-state index contributed by atoms with van der Waals surface area (Å²) in [5, 5.41) is 46.8. The maximum atomic E-state index is 11.3. The summed E-state index contributed by atoms with van der Waals surface area (Å²) in [6, 6.07) is -0.981. The van der Waals surface area contributed by atoms with Gasteiger partial charge in [-0.3, -0.25) is 14.9 Å². The van der Waals surface area contributed by atoms with Gasteiger partial charge in [-0.05, 0) is 6.92 Å². The smallest absolute Gasteiger partial charge is 0.320 e. The van der Waals surface area contributed by atoms with Crippen LogP contribution in [0.1, 0.15) is 6.92 Å². The van der Waals surface area contributed by atoms with Gasteiger partial charge in [0.1, 0.15) is 24.4 Å². The van der Waals surface area contributed by atoms with E-state index in [0.717, 1.165) is 0 Å². The molecule has 0 saturated heterocycles. The summed E-state index contributed by atoms with van der Waals surface area (Å²) in [5.41, 5.74) is 0. The number of carbonyl (C=O) groups is 2. The van der Waals surface area contributed by atoms with E-state index in [1.54, 1.807) is 0 Å². The Kier molecular flexibility index (Phi) is 6.85. The molecule has 0 spiro atoms. The van der Waals surface area contributed by atoms with E-state index in [1.165, 1.54) is 6.92 Å². The first-order valence-electron chi connectivity index (χ1n) is 4.95. The maximum absolute atomic E-state index is 11.3. The van der Waals surface area contributed by atoms with Gasteiger partial charge < -0.3 is 25.5 Å². The summed E-state index contributed by atoms with van der Waals surface area (Å²) < 4.78 is 0. The van der Waals surface area contributed by atoms with Crippen LogP contribution >= 0.6 is 0 Å². The van der Waals surface area contributed by atoms with E-state index in [9.17, 15) is 19.8 Å². The summed E-state index contributed by atoms with van der Waals surface area (Å²) >= 11 is 0. The number of hydrogen-bond donors (Lipinski definition) is 6. The fraction of sp³-hybridized carbons (Fsp3) is 0.778. The molecule has 4 atom stereocenters. The van der Waals surface area contributed by atoms with Crippen molar-refractivity contribution in [2.24, 2.45) is 0 Å².